The van der Waals surface area contributed by atoms with E-state index in [2.05, 4.69) is 32.3 Å². The van der Waals surface area contributed by atoms with Crippen LogP contribution in [0.1, 0.15) is 86.6 Å². The van der Waals surface area contributed by atoms with Crippen LogP contribution in [0.2, 0.25) is 5.02 Å². The largest absolute Gasteiger partial charge is 0.384 e. The Morgan fingerprint density at radius 3 is 2.00 bits per heavy atom. The molecule has 0 radical (unpaired) electrons. The minimum absolute atomic E-state index is 0.433. The molecule has 0 saturated heterocycles. The van der Waals surface area contributed by atoms with Crippen molar-refractivity contribution < 1.29 is 0 Å². The van der Waals surface area contributed by atoms with E-state index in [0.29, 0.717) is 16.6 Å². The topological polar surface area (TPSA) is 64.4 Å². The van der Waals surface area contributed by atoms with E-state index in [4.69, 9.17) is 23.1 Å². The standard InChI is InChI=1S/C12H13ClN2.C5H13N.C3H8.2C2H6/c1-3-5-12(14)15-9(2)10-6-4-7-11(13)8-10;1-2-3-4-5-6;1-3-2;2*1-2/h3-8H,2H2,1H3,(H2,14,15);2-6H2,1H3;3H2,1-2H3;2*1-2H3/b5-3-;;;;. The van der Waals surface area contributed by atoms with Crippen molar-refractivity contribution in [2.45, 2.75) is 81.1 Å². The molecule has 0 spiro atoms. The van der Waals surface area contributed by atoms with Gasteiger partial charge in [0, 0.05) is 10.6 Å². The predicted molar refractivity (Wildman–Crippen MR) is 134 cm³/mol. The zero-order chi connectivity index (χ0) is 22.8. The molecule has 4 heteroatoms. The lowest BCUT2D eigenvalue weighted by molar-refractivity contribution is 0.727. The van der Waals surface area contributed by atoms with Crippen LogP contribution in [0.3, 0.4) is 0 Å². The first-order valence-electron chi connectivity index (χ1n) is 10.6. The third-order valence-electron chi connectivity index (χ3n) is 2.57. The number of nitrogens with zero attached hydrogens (tertiary/aromatic N) is 1. The summed E-state index contributed by atoms with van der Waals surface area (Å²) < 4.78 is 0. The van der Waals surface area contributed by atoms with E-state index < -0.39 is 0 Å². The molecule has 0 heterocycles. The molecule has 0 atom stereocenters. The molecule has 0 aromatic heterocycles. The highest BCUT2D eigenvalue weighted by Crippen LogP contribution is 2.18. The fraction of sp³-hybridized carbons (Fsp3) is 0.542. The van der Waals surface area contributed by atoms with Crippen molar-refractivity contribution in [1.82, 2.24) is 0 Å². The summed E-state index contributed by atoms with van der Waals surface area (Å²) in [5.41, 5.74) is 12.3. The molecule has 1 aromatic rings. The summed E-state index contributed by atoms with van der Waals surface area (Å²) in [7, 11) is 0. The monoisotopic (exact) mass is 411 g/mol. The summed E-state index contributed by atoms with van der Waals surface area (Å²) in [5, 5.41) is 0.661. The molecule has 1 aromatic carbocycles. The molecule has 3 nitrogen and oxygen atoms in total. The van der Waals surface area contributed by atoms with Gasteiger partial charge in [-0.3, -0.25) is 0 Å². The van der Waals surface area contributed by atoms with Crippen molar-refractivity contribution in [1.29, 1.82) is 0 Å². The maximum atomic E-state index is 5.85. The van der Waals surface area contributed by atoms with E-state index in [9.17, 15) is 0 Å². The molecule has 0 saturated carbocycles. The van der Waals surface area contributed by atoms with Crippen LogP contribution in [0.25, 0.3) is 5.70 Å². The Morgan fingerprint density at radius 2 is 1.64 bits per heavy atom. The maximum absolute atomic E-state index is 5.85. The summed E-state index contributed by atoms with van der Waals surface area (Å²) in [6.45, 7) is 21.0. The summed E-state index contributed by atoms with van der Waals surface area (Å²) in [4.78, 5) is 4.13. The van der Waals surface area contributed by atoms with Crippen molar-refractivity contribution >= 4 is 23.1 Å². The van der Waals surface area contributed by atoms with Gasteiger partial charge in [0.25, 0.3) is 0 Å². The van der Waals surface area contributed by atoms with Crippen LogP contribution in [-0.4, -0.2) is 12.4 Å². The number of halogens is 1. The minimum Gasteiger partial charge on any atom is -0.384 e. The van der Waals surface area contributed by atoms with Gasteiger partial charge in [-0.25, -0.2) is 4.99 Å². The highest BCUT2D eigenvalue weighted by atomic mass is 35.5. The average Bonchev–Trinajstić information content (AvgIpc) is 2.70. The van der Waals surface area contributed by atoms with Crippen molar-refractivity contribution in [3.63, 3.8) is 0 Å². The highest BCUT2D eigenvalue weighted by molar-refractivity contribution is 6.30. The normalized spacial score (nSPS) is 9.43. The first-order chi connectivity index (χ1) is 13.5. The fourth-order valence-corrected chi connectivity index (χ4v) is 1.68. The third-order valence-corrected chi connectivity index (χ3v) is 2.80. The quantitative estimate of drug-likeness (QED) is 0.284. The van der Waals surface area contributed by atoms with Crippen LogP contribution in [0.4, 0.5) is 0 Å². The van der Waals surface area contributed by atoms with E-state index in [1.165, 1.54) is 25.7 Å². The third kappa shape index (κ3) is 26.6. The number of aliphatic imine (C=N–C) groups is 1. The number of nitrogens with two attached hydrogens (primary N) is 2. The highest BCUT2D eigenvalue weighted by Gasteiger charge is 1.98. The molecule has 0 amide bonds. The molecule has 4 N–H and O–H groups in total. The molecule has 0 fully saturated rings. The van der Waals surface area contributed by atoms with Crippen LogP contribution in [0.5, 0.6) is 0 Å². The summed E-state index contributed by atoms with van der Waals surface area (Å²) >= 11 is 5.85. The van der Waals surface area contributed by atoms with Crippen molar-refractivity contribution in [3.8, 4) is 0 Å². The van der Waals surface area contributed by atoms with Gasteiger partial charge in [0.2, 0.25) is 0 Å². The van der Waals surface area contributed by atoms with Gasteiger partial charge in [0.1, 0.15) is 5.84 Å². The minimum atomic E-state index is 0.433. The Morgan fingerprint density at radius 1 is 1.11 bits per heavy atom. The van der Waals surface area contributed by atoms with Gasteiger partial charge in [-0.2, -0.15) is 0 Å². The maximum Gasteiger partial charge on any atom is 0.123 e. The molecule has 1 rings (SSSR count). The summed E-state index contributed by atoms with van der Waals surface area (Å²) in [5.74, 6) is 0.433. The lowest BCUT2D eigenvalue weighted by atomic mass is 10.2. The van der Waals surface area contributed by atoms with Crippen LogP contribution < -0.4 is 11.5 Å². The van der Waals surface area contributed by atoms with Gasteiger partial charge in [-0.15, -0.1) is 0 Å². The van der Waals surface area contributed by atoms with Crippen molar-refractivity contribution in [3.05, 3.63) is 53.6 Å². The first kappa shape index (κ1) is 34.0. The second-order valence-corrected chi connectivity index (χ2v) is 5.63. The Bertz CT molecular complexity index is 490. The number of hydrogen-bond acceptors (Lipinski definition) is 2. The van der Waals surface area contributed by atoms with Gasteiger partial charge in [0.15, 0.2) is 0 Å². The van der Waals surface area contributed by atoms with Crippen LogP contribution >= 0.6 is 11.6 Å². The first-order valence-corrected chi connectivity index (χ1v) is 11.0. The van der Waals surface area contributed by atoms with Gasteiger partial charge in [-0.05, 0) is 38.1 Å². The van der Waals surface area contributed by atoms with Crippen LogP contribution in [0, 0.1) is 0 Å². The molecule has 0 aliphatic heterocycles. The summed E-state index contributed by atoms with van der Waals surface area (Å²) in [6.07, 6.45) is 8.55. The molecule has 0 unspecified atom stereocenters. The fourth-order valence-electron chi connectivity index (χ4n) is 1.49. The van der Waals surface area contributed by atoms with Gasteiger partial charge in [0.05, 0.1) is 5.70 Å². The van der Waals surface area contributed by atoms with E-state index in [-0.39, 0.29) is 0 Å². The molecule has 28 heavy (non-hydrogen) atoms. The van der Waals surface area contributed by atoms with Crippen molar-refractivity contribution in [2.75, 3.05) is 6.54 Å². The SMILES string of the molecule is C=C(N=C(N)/C=C\C)c1cccc(Cl)c1.CC.CC.CCC.CCCCCN. The van der Waals surface area contributed by atoms with E-state index in [1.54, 1.807) is 18.2 Å². The molecule has 0 aliphatic carbocycles. The molecular weight excluding hydrogens is 366 g/mol. The predicted octanol–water partition coefficient (Wildman–Crippen LogP) is 7.85. The van der Waals surface area contributed by atoms with Gasteiger partial charge in [-0.1, -0.05) is 104 Å². The van der Waals surface area contributed by atoms with E-state index in [0.717, 1.165) is 12.1 Å². The molecular formula is C24H46ClN3. The van der Waals surface area contributed by atoms with E-state index in [1.807, 2.05) is 52.8 Å². The number of rotatable bonds is 6. The number of allylic oxidation sites excluding steroid dienone is 1. The van der Waals surface area contributed by atoms with E-state index >= 15 is 0 Å². The number of benzene rings is 1. The Balaban J connectivity index is -0.000000185. The Labute approximate surface area is 181 Å². The zero-order valence-corrected chi connectivity index (χ0v) is 20.4. The second kappa shape index (κ2) is 30.2. The second-order valence-electron chi connectivity index (χ2n) is 5.20. The van der Waals surface area contributed by atoms with Crippen LogP contribution in [0.15, 0.2) is 48.0 Å². The lowest BCUT2D eigenvalue weighted by Crippen LogP contribution is -2.07. The smallest absolute Gasteiger partial charge is 0.123 e. The lowest BCUT2D eigenvalue weighted by Gasteiger charge is -2.01. The molecule has 164 valence electrons. The number of amidine groups is 1. The zero-order valence-electron chi connectivity index (χ0n) is 19.7. The summed E-state index contributed by atoms with van der Waals surface area (Å²) in [6, 6.07) is 7.35. The van der Waals surface area contributed by atoms with Gasteiger partial charge < -0.3 is 11.5 Å². The van der Waals surface area contributed by atoms with Crippen LogP contribution in [-0.2, 0) is 0 Å². The Hall–Kier alpha value is -1.58. The molecule has 0 aliphatic rings. The van der Waals surface area contributed by atoms with Gasteiger partial charge >= 0.3 is 0 Å². The number of hydrogen-bond donors (Lipinski definition) is 2. The Kier molecular flexibility index (Phi) is 36.6. The average molecular weight is 412 g/mol. The molecule has 0 bridgehead atoms. The number of unbranched alkanes of at least 4 members (excludes halogenated alkanes) is 2. The van der Waals surface area contributed by atoms with Crippen molar-refractivity contribution in [2.24, 2.45) is 16.5 Å².